The molecule has 0 fully saturated rings. The first-order valence-corrected chi connectivity index (χ1v) is 11.0. The molecule has 3 N–H and O–H groups in total. The molecule has 0 aliphatic rings. The number of pyridine rings is 1. The highest BCUT2D eigenvalue weighted by Crippen LogP contribution is 2.30. The van der Waals surface area contributed by atoms with Crippen molar-refractivity contribution in [3.8, 4) is 22.6 Å². The second kappa shape index (κ2) is 9.13. The highest BCUT2D eigenvalue weighted by Gasteiger charge is 2.20. The van der Waals surface area contributed by atoms with E-state index >= 15 is 0 Å². The van der Waals surface area contributed by atoms with Gasteiger partial charge in [-0.25, -0.2) is 9.97 Å². The fourth-order valence-electron chi connectivity index (χ4n) is 4.10. The highest BCUT2D eigenvalue weighted by atomic mass is 16.3. The van der Waals surface area contributed by atoms with E-state index in [1.54, 1.807) is 30.5 Å². The Morgan fingerprint density at radius 2 is 1.85 bits per heavy atom. The van der Waals surface area contributed by atoms with Crippen LogP contribution in [0.4, 0.5) is 0 Å². The highest BCUT2D eigenvalue weighted by molar-refractivity contribution is 5.86. The summed E-state index contributed by atoms with van der Waals surface area (Å²) in [6.07, 6.45) is 3.26. The molecule has 1 atom stereocenters. The van der Waals surface area contributed by atoms with Gasteiger partial charge in [0.1, 0.15) is 12.1 Å². The third kappa shape index (κ3) is 4.51. The Morgan fingerprint density at radius 1 is 1.12 bits per heavy atom. The number of aryl methyl sites for hydroxylation is 2. The molecule has 2 aromatic heterocycles. The molecular weight excluding hydrogens is 414 g/mol. The molecule has 7 heteroatoms. The smallest absolute Gasteiger partial charge is 0.267 e. The van der Waals surface area contributed by atoms with E-state index in [0.29, 0.717) is 29.8 Å². The third-order valence-corrected chi connectivity index (χ3v) is 6.04. The molecule has 0 spiro atoms. The molecule has 2 heterocycles. The van der Waals surface area contributed by atoms with E-state index in [1.165, 1.54) is 10.9 Å². The topological polar surface area (TPSA) is 97.3 Å². The first-order chi connectivity index (χ1) is 15.8. The number of fused-ring (bicyclic) bond motifs is 1. The van der Waals surface area contributed by atoms with Gasteiger partial charge in [-0.2, -0.15) is 0 Å². The van der Waals surface area contributed by atoms with Gasteiger partial charge < -0.3 is 10.8 Å². The maximum atomic E-state index is 13.8. The Balaban J connectivity index is 2.02. The average molecular weight is 444 g/mol. The molecule has 0 aliphatic heterocycles. The summed E-state index contributed by atoms with van der Waals surface area (Å²) in [5, 5.41) is 10.4. The van der Waals surface area contributed by atoms with Gasteiger partial charge in [-0.15, -0.1) is 0 Å². The first-order valence-electron chi connectivity index (χ1n) is 11.0. The number of phenols is 1. The van der Waals surface area contributed by atoms with E-state index in [2.05, 4.69) is 53.8 Å². The summed E-state index contributed by atoms with van der Waals surface area (Å²) < 4.78 is 1.45. The van der Waals surface area contributed by atoms with E-state index < -0.39 is 0 Å². The number of nitrogens with zero attached hydrogens (tertiary/aromatic N) is 4. The van der Waals surface area contributed by atoms with Gasteiger partial charge in [0.05, 0.1) is 11.1 Å². The van der Waals surface area contributed by atoms with Crippen LogP contribution in [0.5, 0.6) is 5.75 Å². The quantitative estimate of drug-likeness (QED) is 0.473. The van der Waals surface area contributed by atoms with Crippen LogP contribution >= 0.6 is 0 Å². The molecule has 0 saturated carbocycles. The van der Waals surface area contributed by atoms with Crippen molar-refractivity contribution in [3.05, 3.63) is 82.0 Å². The molecular formula is C26H29N5O2. The van der Waals surface area contributed by atoms with Gasteiger partial charge in [-0.3, -0.25) is 14.3 Å². The van der Waals surface area contributed by atoms with Crippen molar-refractivity contribution in [2.24, 2.45) is 5.73 Å². The minimum Gasteiger partial charge on any atom is -0.508 e. The lowest BCUT2D eigenvalue weighted by Crippen LogP contribution is -2.35. The molecule has 1 unspecified atom stereocenters. The van der Waals surface area contributed by atoms with Gasteiger partial charge in [0.15, 0.2) is 5.65 Å². The first kappa shape index (κ1) is 22.6. The van der Waals surface area contributed by atoms with Gasteiger partial charge in [0.25, 0.3) is 5.56 Å². The largest absolute Gasteiger partial charge is 0.508 e. The van der Waals surface area contributed by atoms with Crippen molar-refractivity contribution in [1.82, 2.24) is 19.4 Å². The maximum Gasteiger partial charge on any atom is 0.267 e. The molecule has 0 aliphatic carbocycles. The Bertz CT molecular complexity index is 1360. The molecule has 2 aromatic carbocycles. The van der Waals surface area contributed by atoms with Crippen molar-refractivity contribution < 1.29 is 5.11 Å². The summed E-state index contributed by atoms with van der Waals surface area (Å²) in [6.45, 7) is 7.20. The van der Waals surface area contributed by atoms with Gasteiger partial charge in [-0.05, 0) is 51.1 Å². The summed E-state index contributed by atoms with van der Waals surface area (Å²) >= 11 is 0. The van der Waals surface area contributed by atoms with Crippen LogP contribution in [0.15, 0.2) is 59.8 Å². The lowest BCUT2D eigenvalue weighted by molar-refractivity contribution is 0.256. The number of benzene rings is 2. The van der Waals surface area contributed by atoms with Crippen molar-refractivity contribution in [1.29, 1.82) is 0 Å². The second-order valence-corrected chi connectivity index (χ2v) is 8.66. The molecule has 4 aromatic rings. The maximum absolute atomic E-state index is 13.8. The lowest BCUT2D eigenvalue weighted by atomic mass is 9.96. The van der Waals surface area contributed by atoms with Gasteiger partial charge in [0, 0.05) is 37.0 Å². The van der Waals surface area contributed by atoms with Gasteiger partial charge >= 0.3 is 0 Å². The molecule has 4 rings (SSSR count). The SMILES string of the molecule is Cc1cc(C)cc(-c2cnc3ncn(-c4cccc(O)c4)c(=O)c3c2CN(C)C(C)CN)c1. The van der Waals surface area contributed by atoms with Crippen LogP contribution in [-0.4, -0.2) is 44.2 Å². The van der Waals surface area contributed by atoms with Crippen molar-refractivity contribution >= 4 is 11.0 Å². The van der Waals surface area contributed by atoms with Crippen LogP contribution in [0.1, 0.15) is 23.6 Å². The Morgan fingerprint density at radius 3 is 2.52 bits per heavy atom. The summed E-state index contributed by atoms with van der Waals surface area (Å²) in [5.74, 6) is 0.0818. The van der Waals surface area contributed by atoms with E-state index in [9.17, 15) is 9.90 Å². The molecule has 33 heavy (non-hydrogen) atoms. The number of rotatable bonds is 6. The number of hydrogen-bond acceptors (Lipinski definition) is 6. The van der Waals surface area contributed by atoms with Crippen LogP contribution in [0, 0.1) is 13.8 Å². The Kier molecular flexibility index (Phi) is 6.26. The molecule has 0 bridgehead atoms. The van der Waals surface area contributed by atoms with E-state index in [1.807, 2.05) is 7.05 Å². The molecule has 0 saturated heterocycles. The molecule has 170 valence electrons. The second-order valence-electron chi connectivity index (χ2n) is 8.66. The number of likely N-dealkylation sites (N-methyl/N-ethyl adjacent to an activating group) is 1. The van der Waals surface area contributed by atoms with Crippen molar-refractivity contribution in [3.63, 3.8) is 0 Å². The summed E-state index contributed by atoms with van der Waals surface area (Å²) in [4.78, 5) is 24.9. The third-order valence-electron chi connectivity index (χ3n) is 6.04. The monoisotopic (exact) mass is 443 g/mol. The Labute approximate surface area is 193 Å². The van der Waals surface area contributed by atoms with E-state index in [4.69, 9.17) is 5.73 Å². The lowest BCUT2D eigenvalue weighted by Gasteiger charge is -2.25. The molecule has 7 nitrogen and oxygen atoms in total. The van der Waals surface area contributed by atoms with Gasteiger partial charge in [0.2, 0.25) is 0 Å². The summed E-state index contributed by atoms with van der Waals surface area (Å²) in [5.41, 5.74) is 11.7. The zero-order chi connectivity index (χ0) is 23.7. The predicted molar refractivity (Wildman–Crippen MR) is 132 cm³/mol. The van der Waals surface area contributed by atoms with Crippen molar-refractivity contribution in [2.75, 3.05) is 13.6 Å². The fourth-order valence-corrected chi connectivity index (χ4v) is 4.10. The fraction of sp³-hybridized carbons (Fsp3) is 0.269. The average Bonchev–Trinajstić information content (AvgIpc) is 2.78. The van der Waals surface area contributed by atoms with Crippen LogP contribution in [0.3, 0.4) is 0 Å². The van der Waals surface area contributed by atoms with E-state index in [-0.39, 0.29) is 17.4 Å². The summed E-state index contributed by atoms with van der Waals surface area (Å²) in [7, 11) is 2.00. The van der Waals surface area contributed by atoms with Crippen molar-refractivity contribution in [2.45, 2.75) is 33.4 Å². The summed E-state index contributed by atoms with van der Waals surface area (Å²) in [6, 6.07) is 13.0. The minimum absolute atomic E-state index is 0.0818. The zero-order valence-electron chi connectivity index (χ0n) is 19.4. The minimum atomic E-state index is -0.229. The van der Waals surface area contributed by atoms with Crippen LogP contribution in [0.25, 0.3) is 27.8 Å². The van der Waals surface area contributed by atoms with Crippen LogP contribution in [0.2, 0.25) is 0 Å². The van der Waals surface area contributed by atoms with Crippen LogP contribution < -0.4 is 11.3 Å². The number of hydrogen-bond donors (Lipinski definition) is 2. The zero-order valence-corrected chi connectivity index (χ0v) is 19.4. The molecule has 0 radical (unpaired) electrons. The van der Waals surface area contributed by atoms with Gasteiger partial charge in [-0.1, -0.05) is 35.4 Å². The number of phenolic OH excluding ortho intramolecular Hbond substituents is 1. The van der Waals surface area contributed by atoms with Crippen LogP contribution in [-0.2, 0) is 6.54 Å². The molecule has 0 amide bonds. The predicted octanol–water partition coefficient (Wildman–Crippen LogP) is 3.55. The number of nitrogens with two attached hydrogens (primary N) is 1. The standard InChI is InChI=1S/C26H29N5O2/c1-16-8-17(2)10-19(9-16)22-13-28-25-24(23(22)14-30(4)18(3)12-27)26(33)31(15-29-25)20-6-5-7-21(32)11-20/h5-11,13,15,18,32H,12,14,27H2,1-4H3. The van der Waals surface area contributed by atoms with E-state index in [0.717, 1.165) is 27.8 Å². The number of aromatic nitrogens is 3. The number of aromatic hydroxyl groups is 1. The Hall–Kier alpha value is -3.55. The normalized spacial score (nSPS) is 12.4.